The number of benzene rings is 1. The summed E-state index contributed by atoms with van der Waals surface area (Å²) in [5, 5.41) is 0. The minimum Gasteiger partial charge on any atom is -0.339 e. The number of ketones is 1. The molecule has 1 amide bonds. The molecule has 0 radical (unpaired) electrons. The van der Waals surface area contributed by atoms with Gasteiger partial charge in [-0.3, -0.25) is 9.59 Å². The summed E-state index contributed by atoms with van der Waals surface area (Å²) in [5.41, 5.74) is 2.33. The van der Waals surface area contributed by atoms with Crippen LogP contribution in [0.5, 0.6) is 0 Å². The molecule has 3 fully saturated rings. The molecule has 4 nitrogen and oxygen atoms in total. The summed E-state index contributed by atoms with van der Waals surface area (Å²) < 4.78 is 0. The van der Waals surface area contributed by atoms with Crippen molar-refractivity contribution in [2.24, 2.45) is 5.41 Å². The quantitative estimate of drug-likeness (QED) is 0.717. The Morgan fingerprint density at radius 1 is 1.15 bits per heavy atom. The number of aryl methyl sites for hydroxylation is 1. The Bertz CT molecular complexity index is 695. The van der Waals surface area contributed by atoms with Gasteiger partial charge in [-0.1, -0.05) is 29.8 Å². The van der Waals surface area contributed by atoms with E-state index < -0.39 is 0 Å². The Labute approximate surface area is 162 Å². The molecule has 27 heavy (non-hydrogen) atoms. The lowest BCUT2D eigenvalue weighted by Crippen LogP contribution is -2.54. The molecule has 0 aromatic heterocycles. The second-order valence-electron chi connectivity index (χ2n) is 9.03. The van der Waals surface area contributed by atoms with Crippen molar-refractivity contribution in [1.82, 2.24) is 9.80 Å². The molecular formula is C23H32N2O2. The third kappa shape index (κ3) is 4.43. The first-order valence-electron chi connectivity index (χ1n) is 10.7. The van der Waals surface area contributed by atoms with Gasteiger partial charge in [-0.2, -0.15) is 0 Å². The summed E-state index contributed by atoms with van der Waals surface area (Å²) >= 11 is 0. The van der Waals surface area contributed by atoms with Gasteiger partial charge in [0, 0.05) is 43.0 Å². The van der Waals surface area contributed by atoms with Crippen LogP contribution in [-0.2, 0) is 4.79 Å². The number of rotatable bonds is 6. The molecule has 2 saturated heterocycles. The number of carbonyl (C=O) groups is 2. The lowest BCUT2D eigenvalue weighted by molar-refractivity contribution is -0.140. The molecule has 1 aromatic rings. The van der Waals surface area contributed by atoms with Gasteiger partial charge in [0.2, 0.25) is 5.91 Å². The van der Waals surface area contributed by atoms with Crippen LogP contribution in [0.4, 0.5) is 0 Å². The molecule has 2 heterocycles. The molecule has 1 atom stereocenters. The molecule has 4 rings (SSSR count). The number of nitrogens with zero attached hydrogens (tertiary/aromatic N) is 2. The van der Waals surface area contributed by atoms with E-state index in [1.807, 2.05) is 31.2 Å². The first kappa shape index (κ1) is 18.7. The second-order valence-corrected chi connectivity index (χ2v) is 9.03. The van der Waals surface area contributed by atoms with E-state index in [9.17, 15) is 9.59 Å². The Balaban J connectivity index is 1.28. The Morgan fingerprint density at radius 3 is 2.67 bits per heavy atom. The third-order valence-corrected chi connectivity index (χ3v) is 6.68. The minimum atomic E-state index is 0.255. The maximum absolute atomic E-state index is 12.4. The number of Topliss-reactive ketones (excluding diaryl/α,β-unsaturated/α-hetero) is 1. The van der Waals surface area contributed by atoms with E-state index in [1.165, 1.54) is 31.2 Å². The van der Waals surface area contributed by atoms with Crippen LogP contribution in [0.1, 0.15) is 67.3 Å². The van der Waals surface area contributed by atoms with Crippen molar-refractivity contribution in [1.29, 1.82) is 0 Å². The first-order chi connectivity index (χ1) is 13.0. The lowest BCUT2D eigenvalue weighted by atomic mass is 9.73. The summed E-state index contributed by atoms with van der Waals surface area (Å²) in [4.78, 5) is 29.4. The number of likely N-dealkylation sites (tertiary alicyclic amines) is 2. The van der Waals surface area contributed by atoms with Gasteiger partial charge in [0.25, 0.3) is 0 Å². The fraction of sp³-hybridized carbons (Fsp3) is 0.652. The van der Waals surface area contributed by atoms with Crippen molar-refractivity contribution in [3.05, 3.63) is 35.4 Å². The van der Waals surface area contributed by atoms with Crippen molar-refractivity contribution < 1.29 is 9.59 Å². The first-order valence-corrected chi connectivity index (χ1v) is 10.7. The highest BCUT2D eigenvalue weighted by Crippen LogP contribution is 2.42. The van der Waals surface area contributed by atoms with Crippen LogP contribution in [0, 0.1) is 12.3 Å². The highest BCUT2D eigenvalue weighted by Gasteiger charge is 2.45. The van der Waals surface area contributed by atoms with Crippen LogP contribution >= 0.6 is 0 Å². The van der Waals surface area contributed by atoms with Gasteiger partial charge in [-0.05, 0) is 58.5 Å². The Morgan fingerprint density at radius 2 is 1.93 bits per heavy atom. The minimum absolute atomic E-state index is 0.255. The molecule has 2 aliphatic heterocycles. The van der Waals surface area contributed by atoms with E-state index in [0.717, 1.165) is 51.0 Å². The molecule has 3 aliphatic rings. The molecule has 1 spiro atoms. The molecular weight excluding hydrogens is 336 g/mol. The molecule has 0 N–H and O–H groups in total. The fourth-order valence-corrected chi connectivity index (χ4v) is 4.94. The van der Waals surface area contributed by atoms with Gasteiger partial charge in [0.1, 0.15) is 0 Å². The van der Waals surface area contributed by atoms with Crippen molar-refractivity contribution in [2.75, 3.05) is 26.2 Å². The lowest BCUT2D eigenvalue weighted by Gasteiger charge is -2.48. The molecule has 1 unspecified atom stereocenters. The smallest absolute Gasteiger partial charge is 0.222 e. The number of amides is 1. The zero-order valence-corrected chi connectivity index (χ0v) is 16.6. The molecule has 1 aromatic carbocycles. The van der Waals surface area contributed by atoms with Gasteiger partial charge in [0.15, 0.2) is 5.78 Å². The van der Waals surface area contributed by atoms with Crippen molar-refractivity contribution in [2.45, 2.75) is 64.3 Å². The van der Waals surface area contributed by atoms with Gasteiger partial charge < -0.3 is 9.80 Å². The SMILES string of the molecule is Cc1ccc(C(=O)CCCN2CCCC3(CCC(=O)N(C4CC4)C3)C2)cc1. The van der Waals surface area contributed by atoms with E-state index in [4.69, 9.17) is 0 Å². The van der Waals surface area contributed by atoms with Crippen molar-refractivity contribution in [3.63, 3.8) is 0 Å². The van der Waals surface area contributed by atoms with Crippen LogP contribution in [0.2, 0.25) is 0 Å². The summed E-state index contributed by atoms with van der Waals surface area (Å²) in [6.07, 6.45) is 8.21. The van der Waals surface area contributed by atoms with Crippen molar-refractivity contribution >= 4 is 11.7 Å². The standard InChI is InChI=1S/C23H32N2O2/c1-18-5-7-19(8-6-18)21(26)4-2-14-24-15-3-12-23(16-24)13-11-22(27)25(17-23)20-9-10-20/h5-8,20H,2-4,9-17H2,1H3. The average Bonchev–Trinajstić information content (AvgIpc) is 3.50. The molecule has 4 heteroatoms. The van der Waals surface area contributed by atoms with Gasteiger partial charge in [-0.15, -0.1) is 0 Å². The van der Waals surface area contributed by atoms with Crippen LogP contribution < -0.4 is 0 Å². The summed E-state index contributed by atoms with van der Waals surface area (Å²) in [6.45, 7) is 6.25. The number of hydrogen-bond donors (Lipinski definition) is 0. The monoisotopic (exact) mass is 368 g/mol. The Kier molecular flexibility index (Phi) is 5.36. The Hall–Kier alpha value is -1.68. The predicted octanol–water partition coefficient (Wildman–Crippen LogP) is 3.82. The van der Waals surface area contributed by atoms with E-state index >= 15 is 0 Å². The molecule has 146 valence electrons. The number of carbonyl (C=O) groups excluding carboxylic acids is 2. The van der Waals surface area contributed by atoms with Crippen LogP contribution in [0.15, 0.2) is 24.3 Å². The zero-order chi connectivity index (χ0) is 18.9. The molecule has 1 saturated carbocycles. The predicted molar refractivity (Wildman–Crippen MR) is 107 cm³/mol. The summed E-state index contributed by atoms with van der Waals surface area (Å²) in [5.74, 6) is 0.633. The van der Waals surface area contributed by atoms with E-state index in [1.54, 1.807) is 0 Å². The zero-order valence-electron chi connectivity index (χ0n) is 16.6. The van der Waals surface area contributed by atoms with E-state index in [2.05, 4.69) is 9.80 Å². The van der Waals surface area contributed by atoms with Crippen molar-refractivity contribution in [3.8, 4) is 0 Å². The highest BCUT2D eigenvalue weighted by atomic mass is 16.2. The van der Waals surface area contributed by atoms with Crippen LogP contribution in [-0.4, -0.2) is 53.7 Å². The molecule has 1 aliphatic carbocycles. The van der Waals surface area contributed by atoms with E-state index in [-0.39, 0.29) is 5.78 Å². The van der Waals surface area contributed by atoms with Crippen LogP contribution in [0.25, 0.3) is 0 Å². The van der Waals surface area contributed by atoms with Gasteiger partial charge >= 0.3 is 0 Å². The maximum atomic E-state index is 12.4. The number of piperidine rings is 2. The highest BCUT2D eigenvalue weighted by molar-refractivity contribution is 5.96. The number of hydrogen-bond acceptors (Lipinski definition) is 3. The van der Waals surface area contributed by atoms with Gasteiger partial charge in [0.05, 0.1) is 0 Å². The second kappa shape index (κ2) is 7.75. The maximum Gasteiger partial charge on any atom is 0.222 e. The third-order valence-electron chi connectivity index (χ3n) is 6.68. The van der Waals surface area contributed by atoms with Crippen LogP contribution in [0.3, 0.4) is 0 Å². The fourth-order valence-electron chi connectivity index (χ4n) is 4.94. The largest absolute Gasteiger partial charge is 0.339 e. The van der Waals surface area contributed by atoms with Gasteiger partial charge in [-0.25, -0.2) is 0 Å². The molecule has 0 bridgehead atoms. The summed E-state index contributed by atoms with van der Waals surface area (Å²) in [6, 6.07) is 8.45. The topological polar surface area (TPSA) is 40.6 Å². The summed E-state index contributed by atoms with van der Waals surface area (Å²) in [7, 11) is 0. The van der Waals surface area contributed by atoms with E-state index in [0.29, 0.717) is 23.8 Å². The normalized spacial score (nSPS) is 26.6. The average molecular weight is 369 g/mol.